The number of Topliss-reactive ketones (excluding diaryl/α,β-unsaturated/α-hetero) is 2. The monoisotopic (exact) mass is 414 g/mol. The number of carbonyl (C=O) groups excluding carboxylic acids is 3. The van der Waals surface area contributed by atoms with Gasteiger partial charge in [-0.2, -0.15) is 0 Å². The van der Waals surface area contributed by atoms with Gasteiger partial charge in [0.2, 0.25) is 5.78 Å². The van der Waals surface area contributed by atoms with E-state index in [1.165, 1.54) is 11.0 Å². The van der Waals surface area contributed by atoms with E-state index < -0.39 is 58.0 Å². The quantitative estimate of drug-likeness (QED) is 0.421. The Balaban J connectivity index is 1.98. The van der Waals surface area contributed by atoms with Gasteiger partial charge in [-0.15, -0.1) is 0 Å². The number of phenols is 1. The van der Waals surface area contributed by atoms with Crippen LogP contribution in [0.3, 0.4) is 0 Å². The SMILES string of the molecule is CN(C)[C@H]1C(=O)C(C(N)=O)=C(O)[C@]2(O)C(=O)C3=C(O)c4c(O)cccc4C[C@@H]3C[C@H]12. The molecule has 0 aliphatic heterocycles. The lowest BCUT2D eigenvalue weighted by Crippen LogP contribution is -2.65. The fourth-order valence-corrected chi connectivity index (χ4v) is 5.18. The Morgan fingerprint density at radius 1 is 1.20 bits per heavy atom. The van der Waals surface area contributed by atoms with E-state index in [-0.39, 0.29) is 23.3 Å². The third-order valence-corrected chi connectivity index (χ3v) is 6.46. The summed E-state index contributed by atoms with van der Waals surface area (Å²) in [7, 11) is 3.12. The Morgan fingerprint density at radius 2 is 1.87 bits per heavy atom. The Kier molecular flexibility index (Phi) is 4.30. The maximum Gasteiger partial charge on any atom is 0.255 e. The lowest BCUT2D eigenvalue weighted by Gasteiger charge is -2.50. The Morgan fingerprint density at radius 3 is 2.47 bits per heavy atom. The molecule has 1 aromatic carbocycles. The van der Waals surface area contributed by atoms with Crippen LogP contribution in [0.4, 0.5) is 0 Å². The lowest BCUT2D eigenvalue weighted by atomic mass is 9.57. The van der Waals surface area contributed by atoms with Gasteiger partial charge in [0.05, 0.1) is 11.6 Å². The van der Waals surface area contributed by atoms with Crippen molar-refractivity contribution in [3.8, 4) is 5.75 Å². The highest BCUT2D eigenvalue weighted by Crippen LogP contribution is 2.52. The molecule has 0 heterocycles. The number of aliphatic hydroxyl groups is 3. The molecule has 9 heteroatoms. The fourth-order valence-electron chi connectivity index (χ4n) is 5.18. The lowest BCUT2D eigenvalue weighted by molar-refractivity contribution is -0.153. The summed E-state index contributed by atoms with van der Waals surface area (Å²) in [6, 6.07) is 3.62. The standard InChI is InChI=1S/C21H22N2O7/c1-23(2)15-10-7-9-6-8-4-3-5-11(24)12(8)16(25)13(9)18(27)21(10,30)19(28)14(17(15)26)20(22)29/h3-5,9-10,15,24-25,28,30H,6-7H2,1-2H3,(H2,22,29)/t9-,10-,15-,21-/m1/s1. The zero-order chi connectivity index (χ0) is 22.1. The molecule has 1 amide bonds. The Hall–Kier alpha value is -3.17. The highest BCUT2D eigenvalue weighted by molar-refractivity contribution is 6.24. The van der Waals surface area contributed by atoms with Crippen molar-refractivity contribution in [2.75, 3.05) is 14.1 Å². The van der Waals surface area contributed by atoms with E-state index in [1.807, 2.05) is 0 Å². The van der Waals surface area contributed by atoms with Crippen LogP contribution in [0.25, 0.3) is 5.76 Å². The van der Waals surface area contributed by atoms with Gasteiger partial charge in [-0.3, -0.25) is 19.3 Å². The maximum atomic E-state index is 13.5. The molecule has 4 atom stereocenters. The highest BCUT2D eigenvalue weighted by Gasteiger charge is 2.64. The molecule has 30 heavy (non-hydrogen) atoms. The summed E-state index contributed by atoms with van der Waals surface area (Å²) in [5.74, 6) is -6.43. The van der Waals surface area contributed by atoms with Crippen molar-refractivity contribution in [2.24, 2.45) is 17.6 Å². The van der Waals surface area contributed by atoms with E-state index >= 15 is 0 Å². The average Bonchev–Trinajstić information content (AvgIpc) is 2.64. The topological polar surface area (TPSA) is 161 Å². The summed E-state index contributed by atoms with van der Waals surface area (Å²) < 4.78 is 0. The summed E-state index contributed by atoms with van der Waals surface area (Å²) in [4.78, 5) is 39.7. The number of nitrogens with zero attached hydrogens (tertiary/aromatic N) is 1. The molecule has 9 nitrogen and oxygen atoms in total. The van der Waals surface area contributed by atoms with Gasteiger partial charge >= 0.3 is 0 Å². The minimum Gasteiger partial charge on any atom is -0.508 e. The molecule has 1 fully saturated rings. The normalized spacial score (nSPS) is 30.9. The maximum absolute atomic E-state index is 13.5. The fraction of sp³-hybridized carbons (Fsp3) is 0.381. The van der Waals surface area contributed by atoms with Gasteiger partial charge in [0.25, 0.3) is 5.91 Å². The first kappa shape index (κ1) is 20.1. The van der Waals surface area contributed by atoms with E-state index in [0.717, 1.165) is 0 Å². The van der Waals surface area contributed by atoms with Crippen LogP contribution >= 0.6 is 0 Å². The molecule has 0 unspecified atom stereocenters. The molecule has 158 valence electrons. The third kappa shape index (κ3) is 2.39. The van der Waals surface area contributed by atoms with Crippen LogP contribution in [0.15, 0.2) is 35.1 Å². The highest BCUT2D eigenvalue weighted by atomic mass is 16.3. The molecule has 0 radical (unpaired) electrons. The number of hydrogen-bond acceptors (Lipinski definition) is 8. The smallest absolute Gasteiger partial charge is 0.255 e. The van der Waals surface area contributed by atoms with Gasteiger partial charge in [-0.05, 0) is 44.5 Å². The minimum absolute atomic E-state index is 0.0847. The van der Waals surface area contributed by atoms with Crippen molar-refractivity contribution in [2.45, 2.75) is 24.5 Å². The molecule has 4 rings (SSSR count). The van der Waals surface area contributed by atoms with Crippen molar-refractivity contribution in [1.29, 1.82) is 0 Å². The van der Waals surface area contributed by atoms with Gasteiger partial charge in [0.1, 0.15) is 22.8 Å². The van der Waals surface area contributed by atoms with Crippen molar-refractivity contribution in [3.63, 3.8) is 0 Å². The van der Waals surface area contributed by atoms with E-state index in [4.69, 9.17) is 5.73 Å². The molecule has 1 aromatic rings. The average molecular weight is 414 g/mol. The van der Waals surface area contributed by atoms with Crippen molar-refractivity contribution < 1.29 is 34.8 Å². The predicted octanol–water partition coefficient (Wildman–Crippen LogP) is -0.0360. The summed E-state index contributed by atoms with van der Waals surface area (Å²) >= 11 is 0. The largest absolute Gasteiger partial charge is 0.508 e. The molecule has 0 spiro atoms. The molecule has 3 aliphatic carbocycles. The van der Waals surface area contributed by atoms with Crippen LogP contribution in [-0.2, 0) is 20.8 Å². The van der Waals surface area contributed by atoms with Crippen LogP contribution in [-0.4, -0.2) is 68.5 Å². The zero-order valence-corrected chi connectivity index (χ0v) is 16.4. The number of aromatic hydroxyl groups is 1. The number of hydrogen-bond donors (Lipinski definition) is 5. The van der Waals surface area contributed by atoms with Crippen LogP contribution in [0, 0.1) is 11.8 Å². The molecule has 1 saturated carbocycles. The molecular formula is C21H22N2O7. The molecule has 3 aliphatic rings. The molecule has 0 bridgehead atoms. The number of primary amides is 1. The second kappa shape index (κ2) is 6.41. The van der Waals surface area contributed by atoms with E-state index in [2.05, 4.69) is 0 Å². The van der Waals surface area contributed by atoms with Crippen LogP contribution in [0.5, 0.6) is 5.75 Å². The third-order valence-electron chi connectivity index (χ3n) is 6.46. The number of nitrogens with two attached hydrogens (primary N) is 1. The van der Waals surface area contributed by atoms with Crippen LogP contribution < -0.4 is 5.73 Å². The number of ketones is 2. The number of aliphatic hydroxyl groups excluding tert-OH is 2. The number of amides is 1. The van der Waals surface area contributed by atoms with Crippen LogP contribution in [0.1, 0.15) is 17.5 Å². The van der Waals surface area contributed by atoms with Gasteiger partial charge in [-0.25, -0.2) is 0 Å². The molecule has 0 aromatic heterocycles. The van der Waals surface area contributed by atoms with Crippen molar-refractivity contribution in [3.05, 3.63) is 46.2 Å². The van der Waals surface area contributed by atoms with E-state index in [0.29, 0.717) is 12.0 Å². The number of fused-ring (bicyclic) bond motifs is 3. The van der Waals surface area contributed by atoms with E-state index in [1.54, 1.807) is 26.2 Å². The second-order valence-electron chi connectivity index (χ2n) is 8.27. The molecular weight excluding hydrogens is 392 g/mol. The van der Waals surface area contributed by atoms with Gasteiger partial charge < -0.3 is 26.2 Å². The summed E-state index contributed by atoms with van der Waals surface area (Å²) in [5, 5.41) is 43.1. The summed E-state index contributed by atoms with van der Waals surface area (Å²) in [6.07, 6.45) is 0.379. The van der Waals surface area contributed by atoms with Crippen LogP contribution in [0.2, 0.25) is 0 Å². The van der Waals surface area contributed by atoms with Gasteiger partial charge in [-0.1, -0.05) is 12.1 Å². The first-order valence-corrected chi connectivity index (χ1v) is 9.47. The summed E-state index contributed by atoms with van der Waals surface area (Å²) in [6.45, 7) is 0. The minimum atomic E-state index is -2.60. The second-order valence-corrected chi connectivity index (χ2v) is 8.27. The van der Waals surface area contributed by atoms with Crippen molar-refractivity contribution in [1.82, 2.24) is 4.90 Å². The first-order chi connectivity index (χ1) is 14.0. The van der Waals surface area contributed by atoms with Crippen molar-refractivity contribution >= 4 is 23.2 Å². The molecule has 0 saturated heterocycles. The number of likely N-dealkylation sites (N-methyl/N-ethyl adjacent to an activating group) is 1. The van der Waals surface area contributed by atoms with E-state index in [9.17, 15) is 34.8 Å². The first-order valence-electron chi connectivity index (χ1n) is 9.47. The Bertz CT molecular complexity index is 1070. The zero-order valence-electron chi connectivity index (χ0n) is 16.4. The Labute approximate surface area is 171 Å². The number of rotatable bonds is 2. The number of carbonyl (C=O) groups is 3. The predicted molar refractivity (Wildman–Crippen MR) is 104 cm³/mol. The molecule has 6 N–H and O–H groups in total. The number of benzene rings is 1. The van der Waals surface area contributed by atoms with Gasteiger partial charge in [0, 0.05) is 11.5 Å². The van der Waals surface area contributed by atoms with Gasteiger partial charge in [0.15, 0.2) is 11.4 Å². The number of phenolic OH excluding ortho intramolecular Hbond substituents is 1. The summed E-state index contributed by atoms with van der Waals surface area (Å²) in [5.41, 5.74) is 2.41.